The highest BCUT2D eigenvalue weighted by molar-refractivity contribution is 5.76. The van der Waals surface area contributed by atoms with Gasteiger partial charge in [-0.2, -0.15) is 0 Å². The number of amides is 1. The summed E-state index contributed by atoms with van der Waals surface area (Å²) >= 11 is 0. The van der Waals surface area contributed by atoms with Crippen LogP contribution in [0.1, 0.15) is 20.3 Å². The van der Waals surface area contributed by atoms with E-state index in [4.69, 9.17) is 0 Å². The van der Waals surface area contributed by atoms with E-state index >= 15 is 0 Å². The molecule has 0 saturated carbocycles. The number of nitrogens with one attached hydrogen (secondary N) is 1. The van der Waals surface area contributed by atoms with Gasteiger partial charge in [0.2, 0.25) is 5.91 Å². The fourth-order valence-corrected chi connectivity index (χ4v) is 2.83. The summed E-state index contributed by atoms with van der Waals surface area (Å²) in [5.41, 5.74) is 0. The van der Waals surface area contributed by atoms with E-state index in [1.165, 1.54) is 0 Å². The largest absolute Gasteiger partial charge is 0.340 e. The third-order valence-corrected chi connectivity index (χ3v) is 4.25. The number of piperazine rings is 2. The highest BCUT2D eigenvalue weighted by atomic mass is 16.2. The van der Waals surface area contributed by atoms with Gasteiger partial charge in [-0.1, -0.05) is 0 Å². The van der Waals surface area contributed by atoms with Crippen LogP contribution in [-0.2, 0) is 4.79 Å². The quantitative estimate of drug-likeness (QED) is 0.769. The van der Waals surface area contributed by atoms with Crippen molar-refractivity contribution in [3.05, 3.63) is 0 Å². The van der Waals surface area contributed by atoms with Gasteiger partial charge in [0, 0.05) is 71.4 Å². The zero-order valence-electron chi connectivity index (χ0n) is 12.4. The van der Waals surface area contributed by atoms with E-state index in [9.17, 15) is 4.79 Å². The van der Waals surface area contributed by atoms with Crippen molar-refractivity contribution in [2.75, 3.05) is 58.9 Å². The van der Waals surface area contributed by atoms with E-state index in [-0.39, 0.29) is 0 Å². The van der Waals surface area contributed by atoms with Crippen LogP contribution in [-0.4, -0.2) is 85.6 Å². The lowest BCUT2D eigenvalue weighted by molar-refractivity contribution is -0.133. The Morgan fingerprint density at radius 3 is 2.26 bits per heavy atom. The first-order chi connectivity index (χ1) is 9.16. The lowest BCUT2D eigenvalue weighted by Crippen LogP contribution is -2.51. The van der Waals surface area contributed by atoms with E-state index in [0.29, 0.717) is 18.4 Å². The van der Waals surface area contributed by atoms with Crippen LogP contribution in [0.2, 0.25) is 0 Å². The van der Waals surface area contributed by atoms with Crippen LogP contribution in [0.3, 0.4) is 0 Å². The van der Waals surface area contributed by atoms with E-state index in [0.717, 1.165) is 58.9 Å². The van der Waals surface area contributed by atoms with Crippen molar-refractivity contribution in [3.63, 3.8) is 0 Å². The molecule has 0 radical (unpaired) electrons. The molecule has 2 fully saturated rings. The van der Waals surface area contributed by atoms with Crippen LogP contribution >= 0.6 is 0 Å². The molecule has 2 aliphatic heterocycles. The van der Waals surface area contributed by atoms with E-state index < -0.39 is 0 Å². The Kier molecular flexibility index (Phi) is 5.60. The molecule has 1 N–H and O–H groups in total. The molecule has 2 saturated heterocycles. The van der Waals surface area contributed by atoms with E-state index in [2.05, 4.69) is 29.0 Å². The number of nitrogens with zero attached hydrogens (tertiary/aromatic N) is 3. The van der Waals surface area contributed by atoms with Crippen LogP contribution in [0.4, 0.5) is 0 Å². The number of carbonyl (C=O) groups excluding carboxylic acids is 1. The second-order valence-electron chi connectivity index (χ2n) is 5.85. The summed E-state index contributed by atoms with van der Waals surface area (Å²) in [7, 11) is 0. The summed E-state index contributed by atoms with van der Waals surface area (Å²) in [6.45, 7) is 13.5. The van der Waals surface area contributed by atoms with Gasteiger partial charge in [0.1, 0.15) is 0 Å². The van der Waals surface area contributed by atoms with Gasteiger partial charge in [0.15, 0.2) is 0 Å². The lowest BCUT2D eigenvalue weighted by Gasteiger charge is -2.37. The van der Waals surface area contributed by atoms with Crippen molar-refractivity contribution in [1.29, 1.82) is 0 Å². The Bertz CT molecular complexity index is 281. The molecule has 1 amide bonds. The molecule has 5 heteroatoms. The Morgan fingerprint density at radius 2 is 1.68 bits per heavy atom. The van der Waals surface area contributed by atoms with Crippen molar-refractivity contribution in [3.8, 4) is 0 Å². The summed E-state index contributed by atoms with van der Waals surface area (Å²) in [6, 6.07) is 0.595. The van der Waals surface area contributed by atoms with Gasteiger partial charge < -0.3 is 15.1 Å². The van der Waals surface area contributed by atoms with Crippen LogP contribution in [0, 0.1) is 0 Å². The molecule has 2 aliphatic rings. The van der Waals surface area contributed by atoms with Gasteiger partial charge in [-0.25, -0.2) is 0 Å². The molecule has 0 aromatic heterocycles. The van der Waals surface area contributed by atoms with Crippen LogP contribution in [0.25, 0.3) is 0 Å². The molecule has 0 unspecified atom stereocenters. The van der Waals surface area contributed by atoms with Crippen LogP contribution < -0.4 is 5.32 Å². The maximum Gasteiger partial charge on any atom is 0.223 e. The minimum absolute atomic E-state index is 0.335. The second-order valence-corrected chi connectivity index (χ2v) is 5.85. The number of rotatable bonds is 4. The summed E-state index contributed by atoms with van der Waals surface area (Å²) in [5, 5.41) is 3.34. The number of carbonyl (C=O) groups is 1. The minimum Gasteiger partial charge on any atom is -0.340 e. The molecule has 0 aliphatic carbocycles. The molecule has 2 heterocycles. The Morgan fingerprint density at radius 1 is 1.05 bits per heavy atom. The predicted molar refractivity (Wildman–Crippen MR) is 77.2 cm³/mol. The molecular weight excluding hydrogens is 240 g/mol. The van der Waals surface area contributed by atoms with E-state index in [1.807, 2.05) is 4.90 Å². The smallest absolute Gasteiger partial charge is 0.223 e. The normalized spacial score (nSPS) is 23.0. The maximum atomic E-state index is 12.2. The highest BCUT2D eigenvalue weighted by Crippen LogP contribution is 2.07. The van der Waals surface area contributed by atoms with Gasteiger partial charge in [0.25, 0.3) is 0 Å². The number of hydrogen-bond donors (Lipinski definition) is 1. The van der Waals surface area contributed by atoms with Gasteiger partial charge in [-0.05, 0) is 13.8 Å². The zero-order chi connectivity index (χ0) is 13.7. The molecule has 0 bridgehead atoms. The molecule has 0 aromatic rings. The van der Waals surface area contributed by atoms with Crippen molar-refractivity contribution in [2.24, 2.45) is 0 Å². The van der Waals surface area contributed by atoms with Gasteiger partial charge in [0.05, 0.1) is 0 Å². The fourth-order valence-electron chi connectivity index (χ4n) is 2.83. The average Bonchev–Trinajstić information content (AvgIpc) is 2.46. The zero-order valence-corrected chi connectivity index (χ0v) is 12.4. The molecule has 5 nitrogen and oxygen atoms in total. The Balaban J connectivity index is 1.66. The standard InChI is InChI=1S/C14H28N4O/c1-13(2)17-9-11-18(12-10-17)14(19)3-6-16-7-4-15-5-8-16/h13,15H,3-12H2,1-2H3. The van der Waals surface area contributed by atoms with Crippen molar-refractivity contribution in [2.45, 2.75) is 26.3 Å². The molecule has 110 valence electrons. The van der Waals surface area contributed by atoms with E-state index in [1.54, 1.807) is 0 Å². The molecule has 0 spiro atoms. The second kappa shape index (κ2) is 7.22. The minimum atomic E-state index is 0.335. The maximum absolute atomic E-state index is 12.2. The molecule has 0 aromatic carbocycles. The first-order valence-corrected chi connectivity index (χ1v) is 7.61. The molecule has 19 heavy (non-hydrogen) atoms. The summed E-state index contributed by atoms with van der Waals surface area (Å²) in [6.07, 6.45) is 0.682. The summed E-state index contributed by atoms with van der Waals surface area (Å²) < 4.78 is 0. The Labute approximate surface area is 116 Å². The first kappa shape index (κ1) is 14.8. The summed E-state index contributed by atoms with van der Waals surface area (Å²) in [5.74, 6) is 0.335. The van der Waals surface area contributed by atoms with Crippen molar-refractivity contribution < 1.29 is 4.79 Å². The predicted octanol–water partition coefficient (Wildman–Crippen LogP) is -0.166. The topological polar surface area (TPSA) is 38.8 Å². The van der Waals surface area contributed by atoms with Gasteiger partial charge in [-0.3, -0.25) is 9.69 Å². The molecular formula is C14H28N4O. The van der Waals surface area contributed by atoms with Crippen molar-refractivity contribution in [1.82, 2.24) is 20.0 Å². The molecule has 2 rings (SSSR count). The highest BCUT2D eigenvalue weighted by Gasteiger charge is 2.22. The third kappa shape index (κ3) is 4.44. The molecule has 0 atom stereocenters. The fraction of sp³-hybridized carbons (Fsp3) is 0.929. The lowest BCUT2D eigenvalue weighted by atomic mass is 10.2. The summed E-state index contributed by atoms with van der Waals surface area (Å²) in [4.78, 5) is 19.1. The van der Waals surface area contributed by atoms with Crippen LogP contribution in [0.15, 0.2) is 0 Å². The number of hydrogen-bond acceptors (Lipinski definition) is 4. The Hall–Kier alpha value is -0.650. The van der Waals surface area contributed by atoms with Crippen LogP contribution in [0.5, 0.6) is 0 Å². The third-order valence-electron chi connectivity index (χ3n) is 4.25. The first-order valence-electron chi connectivity index (χ1n) is 7.61. The average molecular weight is 268 g/mol. The van der Waals surface area contributed by atoms with Gasteiger partial charge in [-0.15, -0.1) is 0 Å². The van der Waals surface area contributed by atoms with Gasteiger partial charge >= 0.3 is 0 Å². The van der Waals surface area contributed by atoms with Crippen molar-refractivity contribution >= 4 is 5.91 Å². The monoisotopic (exact) mass is 268 g/mol. The SMILES string of the molecule is CC(C)N1CCN(C(=O)CCN2CCNCC2)CC1.